The maximum Gasteiger partial charge on any atom is 0.244 e. The molecule has 2 rings (SSSR count). The van der Waals surface area contributed by atoms with Crippen molar-refractivity contribution in [3.05, 3.63) is 34.3 Å². The summed E-state index contributed by atoms with van der Waals surface area (Å²) in [6, 6.07) is 8.18. The first-order valence-electron chi connectivity index (χ1n) is 4.85. The molecule has 0 spiro atoms. The van der Waals surface area contributed by atoms with E-state index in [2.05, 4.69) is 36.4 Å². The Balaban J connectivity index is 2.11. The van der Waals surface area contributed by atoms with E-state index in [0.717, 1.165) is 10.0 Å². The molecule has 1 aromatic carbocycles. The molecule has 0 aliphatic rings. The molecule has 4 N–H and O–H groups in total. The highest BCUT2D eigenvalue weighted by molar-refractivity contribution is 9.10. The zero-order valence-electron chi connectivity index (χ0n) is 8.74. The van der Waals surface area contributed by atoms with Gasteiger partial charge in [-0.2, -0.15) is 4.98 Å². The molecule has 6 heteroatoms. The highest BCUT2D eigenvalue weighted by Crippen LogP contribution is 2.20. The molecule has 5 nitrogen and oxygen atoms in total. The average molecular weight is 282 g/mol. The molecule has 1 heterocycles. The van der Waals surface area contributed by atoms with E-state index >= 15 is 0 Å². The molecule has 1 aromatic heterocycles. The molecule has 1 unspecified atom stereocenters. The van der Waals surface area contributed by atoms with Crippen molar-refractivity contribution in [1.82, 2.24) is 15.2 Å². The monoisotopic (exact) mass is 281 g/mol. The van der Waals surface area contributed by atoms with Crippen LogP contribution < -0.4 is 11.1 Å². The van der Waals surface area contributed by atoms with E-state index in [-0.39, 0.29) is 6.04 Å². The molecule has 84 valence electrons. The number of benzene rings is 1. The van der Waals surface area contributed by atoms with E-state index in [4.69, 9.17) is 5.73 Å². The first-order valence-corrected chi connectivity index (χ1v) is 5.64. The first kappa shape index (κ1) is 10.9. The predicted octanol–water partition coefficient (Wildman–Crippen LogP) is 2.32. The van der Waals surface area contributed by atoms with Gasteiger partial charge in [-0.1, -0.05) is 28.1 Å². The SMILES string of the molecule is CC(Nc1n[nH]c(N)n1)c1cccc(Br)c1. The van der Waals surface area contributed by atoms with Crippen LogP contribution in [-0.4, -0.2) is 15.2 Å². The number of nitrogen functional groups attached to an aromatic ring is 1. The third-order valence-corrected chi connectivity index (χ3v) is 2.69. The van der Waals surface area contributed by atoms with Crippen LogP contribution >= 0.6 is 15.9 Å². The van der Waals surface area contributed by atoms with Crippen molar-refractivity contribution in [3.63, 3.8) is 0 Å². The lowest BCUT2D eigenvalue weighted by molar-refractivity contribution is 0.861. The van der Waals surface area contributed by atoms with Gasteiger partial charge in [0, 0.05) is 4.47 Å². The van der Waals surface area contributed by atoms with Crippen LogP contribution in [0.15, 0.2) is 28.7 Å². The highest BCUT2D eigenvalue weighted by Gasteiger charge is 2.08. The Hall–Kier alpha value is -1.56. The number of H-pyrrole nitrogens is 1. The second kappa shape index (κ2) is 4.52. The van der Waals surface area contributed by atoms with Gasteiger partial charge in [0.15, 0.2) is 0 Å². The fourth-order valence-corrected chi connectivity index (χ4v) is 1.81. The van der Waals surface area contributed by atoms with Crippen molar-refractivity contribution in [2.45, 2.75) is 13.0 Å². The van der Waals surface area contributed by atoms with Gasteiger partial charge in [0.05, 0.1) is 6.04 Å². The lowest BCUT2D eigenvalue weighted by Crippen LogP contribution is -2.07. The second-order valence-corrected chi connectivity index (χ2v) is 4.38. The predicted molar refractivity (Wildman–Crippen MR) is 67.0 cm³/mol. The first-order chi connectivity index (χ1) is 7.65. The molecular formula is C10H12BrN5. The summed E-state index contributed by atoms with van der Waals surface area (Å²) in [6.07, 6.45) is 0. The Morgan fingerprint density at radius 3 is 2.94 bits per heavy atom. The van der Waals surface area contributed by atoms with Crippen LogP contribution in [0.25, 0.3) is 0 Å². The summed E-state index contributed by atoms with van der Waals surface area (Å²) in [5, 5.41) is 9.65. The van der Waals surface area contributed by atoms with Gasteiger partial charge < -0.3 is 11.1 Å². The van der Waals surface area contributed by atoms with E-state index in [1.54, 1.807) is 0 Å². The van der Waals surface area contributed by atoms with E-state index in [9.17, 15) is 0 Å². The number of nitrogens with two attached hydrogens (primary N) is 1. The number of aromatic nitrogens is 3. The van der Waals surface area contributed by atoms with Crippen molar-refractivity contribution < 1.29 is 0 Å². The summed E-state index contributed by atoms with van der Waals surface area (Å²) < 4.78 is 1.05. The molecule has 0 fully saturated rings. The van der Waals surface area contributed by atoms with Gasteiger partial charge in [-0.3, -0.25) is 0 Å². The number of halogens is 1. The molecule has 0 radical (unpaired) electrons. The Morgan fingerprint density at radius 2 is 2.31 bits per heavy atom. The highest BCUT2D eigenvalue weighted by atomic mass is 79.9. The van der Waals surface area contributed by atoms with Crippen LogP contribution in [0, 0.1) is 0 Å². The zero-order valence-corrected chi connectivity index (χ0v) is 10.3. The lowest BCUT2D eigenvalue weighted by Gasteiger charge is -2.12. The van der Waals surface area contributed by atoms with Gasteiger partial charge in [-0.15, -0.1) is 5.10 Å². The topological polar surface area (TPSA) is 79.6 Å². The summed E-state index contributed by atoms with van der Waals surface area (Å²) in [5.41, 5.74) is 6.59. The second-order valence-electron chi connectivity index (χ2n) is 3.47. The molecule has 0 saturated heterocycles. The molecule has 16 heavy (non-hydrogen) atoms. The molecular weight excluding hydrogens is 270 g/mol. The molecule has 2 aromatic rings. The Morgan fingerprint density at radius 1 is 1.50 bits per heavy atom. The van der Waals surface area contributed by atoms with Crippen molar-refractivity contribution in [1.29, 1.82) is 0 Å². The van der Waals surface area contributed by atoms with Crippen LogP contribution in [-0.2, 0) is 0 Å². The summed E-state index contributed by atoms with van der Waals surface area (Å²) in [7, 11) is 0. The molecule has 0 amide bonds. The molecule has 0 saturated carbocycles. The number of anilines is 2. The lowest BCUT2D eigenvalue weighted by atomic mass is 10.1. The molecule has 0 aliphatic heterocycles. The largest absolute Gasteiger partial charge is 0.368 e. The minimum atomic E-state index is 0.118. The van der Waals surface area contributed by atoms with Crippen LogP contribution in [0.5, 0.6) is 0 Å². The maximum atomic E-state index is 5.44. The fraction of sp³-hybridized carbons (Fsp3) is 0.200. The van der Waals surface area contributed by atoms with Gasteiger partial charge in [0.1, 0.15) is 0 Å². The molecule has 0 bridgehead atoms. The van der Waals surface area contributed by atoms with Gasteiger partial charge >= 0.3 is 0 Å². The van der Waals surface area contributed by atoms with Crippen LogP contribution in [0.1, 0.15) is 18.5 Å². The number of nitrogens with zero attached hydrogens (tertiary/aromatic N) is 2. The van der Waals surface area contributed by atoms with Gasteiger partial charge in [0.2, 0.25) is 11.9 Å². The number of rotatable bonds is 3. The van der Waals surface area contributed by atoms with E-state index in [1.165, 1.54) is 0 Å². The van der Waals surface area contributed by atoms with Gasteiger partial charge in [-0.25, -0.2) is 5.10 Å². The molecule has 1 atom stereocenters. The zero-order chi connectivity index (χ0) is 11.5. The van der Waals surface area contributed by atoms with Gasteiger partial charge in [-0.05, 0) is 24.6 Å². The standard InChI is InChI=1S/C10H12BrN5/c1-6(7-3-2-4-8(11)5-7)13-10-14-9(12)15-16-10/h2-6H,1H3,(H4,12,13,14,15,16). The molecule has 0 aliphatic carbocycles. The van der Waals surface area contributed by atoms with Crippen molar-refractivity contribution >= 4 is 27.8 Å². The summed E-state index contributed by atoms with van der Waals surface area (Å²) in [6.45, 7) is 2.04. The number of aromatic amines is 1. The van der Waals surface area contributed by atoms with Crippen LogP contribution in [0.3, 0.4) is 0 Å². The maximum absolute atomic E-state index is 5.44. The number of nitrogens with one attached hydrogen (secondary N) is 2. The Bertz CT molecular complexity index is 482. The number of hydrogen-bond acceptors (Lipinski definition) is 4. The number of hydrogen-bond donors (Lipinski definition) is 3. The minimum Gasteiger partial charge on any atom is -0.368 e. The van der Waals surface area contributed by atoms with Crippen molar-refractivity contribution in [2.24, 2.45) is 0 Å². The summed E-state index contributed by atoms with van der Waals surface area (Å²) in [4.78, 5) is 3.99. The summed E-state index contributed by atoms with van der Waals surface area (Å²) in [5.74, 6) is 0.814. The van der Waals surface area contributed by atoms with Gasteiger partial charge in [0.25, 0.3) is 0 Å². The van der Waals surface area contributed by atoms with Crippen LogP contribution in [0.4, 0.5) is 11.9 Å². The Labute approximate surface area is 102 Å². The fourth-order valence-electron chi connectivity index (χ4n) is 1.39. The smallest absolute Gasteiger partial charge is 0.244 e. The van der Waals surface area contributed by atoms with Crippen molar-refractivity contribution in [3.8, 4) is 0 Å². The minimum absolute atomic E-state index is 0.118. The third kappa shape index (κ3) is 2.52. The van der Waals surface area contributed by atoms with Crippen molar-refractivity contribution in [2.75, 3.05) is 11.1 Å². The Kier molecular flexibility index (Phi) is 3.09. The summed E-state index contributed by atoms with van der Waals surface area (Å²) >= 11 is 3.43. The van der Waals surface area contributed by atoms with E-state index in [0.29, 0.717) is 11.9 Å². The van der Waals surface area contributed by atoms with Crippen LogP contribution in [0.2, 0.25) is 0 Å². The normalized spacial score (nSPS) is 12.4. The van der Waals surface area contributed by atoms with E-state index in [1.807, 2.05) is 31.2 Å². The third-order valence-electron chi connectivity index (χ3n) is 2.20. The van der Waals surface area contributed by atoms with E-state index < -0.39 is 0 Å². The average Bonchev–Trinajstić information content (AvgIpc) is 2.64. The quantitative estimate of drug-likeness (QED) is 0.807.